The molecule has 0 spiro atoms. The van der Waals surface area contributed by atoms with Gasteiger partial charge in [-0.25, -0.2) is 0 Å². The molecule has 1 aromatic carbocycles. The van der Waals surface area contributed by atoms with E-state index in [0.29, 0.717) is 17.8 Å². The molecule has 1 aliphatic rings. The number of amides is 2. The van der Waals surface area contributed by atoms with Gasteiger partial charge in [-0.3, -0.25) is 9.59 Å². The molecule has 1 heterocycles. The van der Waals surface area contributed by atoms with Crippen molar-refractivity contribution in [3.63, 3.8) is 0 Å². The van der Waals surface area contributed by atoms with Gasteiger partial charge in [0.1, 0.15) is 0 Å². The van der Waals surface area contributed by atoms with Crippen LogP contribution in [0.15, 0.2) is 24.3 Å². The molecule has 0 unspecified atom stereocenters. The van der Waals surface area contributed by atoms with Gasteiger partial charge in [-0.1, -0.05) is 33.8 Å². The standard InChI is InChI=1S/C15H20N2O2/c1-14(2)9-15(3,4)13(19)17-11-7-5-6-10(8-11)16-12(14)18/h5-8H,9H2,1-4H3,(H,16,18)(H,17,19). The lowest BCUT2D eigenvalue weighted by Gasteiger charge is -2.34. The second-order valence-corrected chi connectivity index (χ2v) is 6.43. The van der Waals surface area contributed by atoms with Gasteiger partial charge in [-0.2, -0.15) is 0 Å². The minimum Gasteiger partial charge on any atom is -0.326 e. The van der Waals surface area contributed by atoms with Gasteiger partial charge in [0, 0.05) is 22.2 Å². The maximum absolute atomic E-state index is 12.3. The van der Waals surface area contributed by atoms with Crippen molar-refractivity contribution in [2.45, 2.75) is 34.1 Å². The Morgan fingerprint density at radius 2 is 1.32 bits per heavy atom. The Morgan fingerprint density at radius 3 is 1.74 bits per heavy atom. The fraction of sp³-hybridized carbons (Fsp3) is 0.467. The average Bonchev–Trinajstić information content (AvgIpc) is 2.26. The number of hydrogen-bond acceptors (Lipinski definition) is 2. The fourth-order valence-electron chi connectivity index (χ4n) is 2.54. The lowest BCUT2D eigenvalue weighted by molar-refractivity contribution is -0.130. The van der Waals surface area contributed by atoms with Crippen LogP contribution in [0.1, 0.15) is 34.1 Å². The molecule has 2 N–H and O–H groups in total. The van der Waals surface area contributed by atoms with Crippen LogP contribution in [-0.2, 0) is 9.59 Å². The molecule has 2 bridgehead atoms. The molecule has 0 aliphatic carbocycles. The first-order chi connectivity index (χ1) is 8.71. The van der Waals surface area contributed by atoms with Crippen molar-refractivity contribution in [2.75, 3.05) is 10.6 Å². The van der Waals surface area contributed by atoms with Crippen LogP contribution < -0.4 is 10.6 Å². The zero-order valence-electron chi connectivity index (χ0n) is 11.8. The second-order valence-electron chi connectivity index (χ2n) is 6.43. The number of rotatable bonds is 0. The maximum Gasteiger partial charge on any atom is 0.230 e. The molecule has 0 fully saturated rings. The van der Waals surface area contributed by atoms with E-state index in [1.165, 1.54) is 0 Å². The van der Waals surface area contributed by atoms with E-state index in [1.54, 1.807) is 6.07 Å². The van der Waals surface area contributed by atoms with Crippen LogP contribution in [0.4, 0.5) is 11.4 Å². The van der Waals surface area contributed by atoms with Crippen molar-refractivity contribution >= 4 is 23.2 Å². The largest absolute Gasteiger partial charge is 0.326 e. The lowest BCUT2D eigenvalue weighted by Crippen LogP contribution is -2.41. The Morgan fingerprint density at radius 1 is 0.895 bits per heavy atom. The van der Waals surface area contributed by atoms with E-state index in [4.69, 9.17) is 0 Å². The summed E-state index contributed by atoms with van der Waals surface area (Å²) >= 11 is 0. The smallest absolute Gasteiger partial charge is 0.230 e. The summed E-state index contributed by atoms with van der Waals surface area (Å²) in [6, 6.07) is 7.22. The molecule has 1 aromatic rings. The van der Waals surface area contributed by atoms with E-state index >= 15 is 0 Å². The number of benzene rings is 1. The Hall–Kier alpha value is -1.84. The molecule has 0 saturated carbocycles. The van der Waals surface area contributed by atoms with E-state index < -0.39 is 10.8 Å². The SMILES string of the molecule is CC1(C)CC(C)(C)C(=O)Nc2cccc(c2)NC1=O. The summed E-state index contributed by atoms with van der Waals surface area (Å²) < 4.78 is 0. The van der Waals surface area contributed by atoms with Crippen LogP contribution in [0.25, 0.3) is 0 Å². The summed E-state index contributed by atoms with van der Waals surface area (Å²) in [7, 11) is 0. The normalized spacial score (nSPS) is 21.3. The number of hydrogen-bond donors (Lipinski definition) is 2. The van der Waals surface area contributed by atoms with Gasteiger partial charge in [-0.05, 0) is 24.6 Å². The van der Waals surface area contributed by atoms with Gasteiger partial charge in [0.05, 0.1) is 0 Å². The molecule has 0 radical (unpaired) electrons. The van der Waals surface area contributed by atoms with Crippen molar-refractivity contribution < 1.29 is 9.59 Å². The lowest BCUT2D eigenvalue weighted by atomic mass is 9.73. The Balaban J connectivity index is 2.48. The van der Waals surface area contributed by atoms with Crippen molar-refractivity contribution in [1.29, 1.82) is 0 Å². The Bertz CT molecular complexity index is 489. The molecule has 0 atom stereocenters. The van der Waals surface area contributed by atoms with E-state index in [-0.39, 0.29) is 11.8 Å². The van der Waals surface area contributed by atoms with Crippen molar-refractivity contribution in [3.8, 4) is 0 Å². The number of anilines is 2. The quantitative estimate of drug-likeness (QED) is 0.753. The summed E-state index contributed by atoms with van der Waals surface area (Å²) in [6.45, 7) is 7.46. The van der Waals surface area contributed by atoms with Gasteiger partial charge in [0.25, 0.3) is 0 Å². The average molecular weight is 260 g/mol. The maximum atomic E-state index is 12.3. The molecule has 0 aromatic heterocycles. The summed E-state index contributed by atoms with van der Waals surface area (Å²) in [4.78, 5) is 24.6. The van der Waals surface area contributed by atoms with Gasteiger partial charge < -0.3 is 10.6 Å². The zero-order chi connectivity index (χ0) is 14.3. The molecule has 2 rings (SSSR count). The predicted octanol–water partition coefficient (Wildman–Crippen LogP) is 3.02. The summed E-state index contributed by atoms with van der Waals surface area (Å²) in [5.41, 5.74) is 0.203. The highest BCUT2D eigenvalue weighted by atomic mass is 16.2. The molecule has 4 nitrogen and oxygen atoms in total. The van der Waals surface area contributed by atoms with Crippen LogP contribution in [0.5, 0.6) is 0 Å². The Kier molecular flexibility index (Phi) is 3.12. The summed E-state index contributed by atoms with van der Waals surface area (Å²) in [5.74, 6) is -0.125. The number of carbonyl (C=O) groups is 2. The van der Waals surface area contributed by atoms with Crippen LogP contribution >= 0.6 is 0 Å². The van der Waals surface area contributed by atoms with Gasteiger partial charge in [0.15, 0.2) is 0 Å². The summed E-state index contributed by atoms with van der Waals surface area (Å²) in [6.07, 6.45) is 0.488. The highest BCUT2D eigenvalue weighted by molar-refractivity contribution is 6.00. The number of fused-ring (bicyclic) bond motifs is 2. The molecule has 4 heteroatoms. The number of nitrogens with one attached hydrogen (secondary N) is 2. The van der Waals surface area contributed by atoms with E-state index in [2.05, 4.69) is 10.6 Å². The first-order valence-corrected chi connectivity index (χ1v) is 6.44. The van der Waals surface area contributed by atoms with Crippen molar-refractivity contribution in [1.82, 2.24) is 0 Å². The minimum atomic E-state index is -0.603. The molecule has 102 valence electrons. The van der Waals surface area contributed by atoms with Crippen LogP contribution in [0, 0.1) is 10.8 Å². The number of carbonyl (C=O) groups excluding carboxylic acids is 2. The van der Waals surface area contributed by atoms with Gasteiger partial charge >= 0.3 is 0 Å². The third-order valence-corrected chi connectivity index (χ3v) is 3.49. The molecular weight excluding hydrogens is 240 g/mol. The third-order valence-electron chi connectivity index (χ3n) is 3.49. The van der Waals surface area contributed by atoms with Gasteiger partial charge in [-0.15, -0.1) is 0 Å². The molecule has 1 aliphatic heterocycles. The first-order valence-electron chi connectivity index (χ1n) is 6.44. The topological polar surface area (TPSA) is 58.2 Å². The minimum absolute atomic E-state index is 0.0626. The van der Waals surface area contributed by atoms with E-state index in [9.17, 15) is 9.59 Å². The molecule has 19 heavy (non-hydrogen) atoms. The molecular formula is C15H20N2O2. The third kappa shape index (κ3) is 2.78. The van der Waals surface area contributed by atoms with Crippen molar-refractivity contribution in [3.05, 3.63) is 24.3 Å². The zero-order valence-corrected chi connectivity index (χ0v) is 11.8. The van der Waals surface area contributed by atoms with Crippen molar-refractivity contribution in [2.24, 2.45) is 10.8 Å². The van der Waals surface area contributed by atoms with Gasteiger partial charge in [0.2, 0.25) is 11.8 Å². The summed E-state index contributed by atoms with van der Waals surface area (Å²) in [5, 5.41) is 5.81. The van der Waals surface area contributed by atoms with E-state index in [0.717, 1.165) is 0 Å². The highest BCUT2D eigenvalue weighted by Crippen LogP contribution is 2.36. The monoisotopic (exact) mass is 260 g/mol. The van der Waals surface area contributed by atoms with Crippen LogP contribution in [-0.4, -0.2) is 11.8 Å². The predicted molar refractivity (Wildman–Crippen MR) is 75.9 cm³/mol. The molecule has 2 amide bonds. The first kappa shape index (κ1) is 13.6. The van der Waals surface area contributed by atoms with Crippen LogP contribution in [0.3, 0.4) is 0 Å². The second kappa shape index (κ2) is 4.37. The highest BCUT2D eigenvalue weighted by Gasteiger charge is 2.39. The molecule has 0 saturated heterocycles. The fourth-order valence-corrected chi connectivity index (χ4v) is 2.54. The van der Waals surface area contributed by atoms with Crippen LogP contribution in [0.2, 0.25) is 0 Å². The van der Waals surface area contributed by atoms with E-state index in [1.807, 2.05) is 45.9 Å². The Labute approximate surface area is 113 Å².